The van der Waals surface area contributed by atoms with E-state index in [2.05, 4.69) is 15.4 Å². The van der Waals surface area contributed by atoms with E-state index in [0.717, 1.165) is 0 Å². The maximum atomic E-state index is 12.0. The number of benzene rings is 1. The summed E-state index contributed by atoms with van der Waals surface area (Å²) in [6.45, 7) is 0.377. The summed E-state index contributed by atoms with van der Waals surface area (Å²) in [5.41, 5.74) is 0.675. The van der Waals surface area contributed by atoms with E-state index < -0.39 is 0 Å². The van der Waals surface area contributed by atoms with Crippen LogP contribution in [0.1, 0.15) is 12.8 Å². The number of hydrogen-bond donors (Lipinski definition) is 1. The van der Waals surface area contributed by atoms with Crippen molar-refractivity contribution < 1.29 is 9.53 Å². The van der Waals surface area contributed by atoms with Crippen LogP contribution in [0.3, 0.4) is 0 Å². The van der Waals surface area contributed by atoms with Crippen LogP contribution in [0.25, 0.3) is 5.65 Å². The van der Waals surface area contributed by atoms with Gasteiger partial charge in [-0.2, -0.15) is 9.61 Å². The Kier molecular flexibility index (Phi) is 5.17. The number of anilines is 1. The molecule has 2 heterocycles. The highest BCUT2D eigenvalue weighted by molar-refractivity contribution is 6.35. The van der Waals surface area contributed by atoms with Gasteiger partial charge in [0, 0.05) is 23.7 Å². The third kappa shape index (κ3) is 3.96. The number of amides is 1. The molecule has 0 aliphatic heterocycles. The van der Waals surface area contributed by atoms with E-state index in [1.54, 1.807) is 47.2 Å². The third-order valence-corrected chi connectivity index (χ3v) is 3.79. The number of rotatable bonds is 6. The van der Waals surface area contributed by atoms with Crippen LogP contribution in [0.5, 0.6) is 5.75 Å². The highest BCUT2D eigenvalue weighted by Crippen LogP contribution is 2.27. The van der Waals surface area contributed by atoms with Crippen LogP contribution in [0.15, 0.2) is 42.7 Å². The molecule has 0 aliphatic rings. The molecule has 0 atom stereocenters. The number of halogens is 2. The standard InChI is InChI=1S/C16H14Cl2N4O2/c17-11-3-4-13(12(18)10-11)24-9-1-2-16(23)21-15-5-7-19-14-6-8-20-22(14)15/h3-8,10H,1-2,9H2,(H,21,23). The van der Waals surface area contributed by atoms with Gasteiger partial charge in [0.25, 0.3) is 0 Å². The maximum Gasteiger partial charge on any atom is 0.225 e. The number of nitrogens with zero attached hydrogens (tertiary/aromatic N) is 3. The van der Waals surface area contributed by atoms with Gasteiger partial charge in [-0.05, 0) is 30.7 Å². The van der Waals surface area contributed by atoms with E-state index in [1.807, 2.05) is 0 Å². The topological polar surface area (TPSA) is 68.5 Å². The molecule has 0 radical (unpaired) electrons. The first-order chi connectivity index (χ1) is 11.6. The number of hydrogen-bond acceptors (Lipinski definition) is 4. The normalized spacial score (nSPS) is 10.8. The first kappa shape index (κ1) is 16.5. The van der Waals surface area contributed by atoms with E-state index >= 15 is 0 Å². The van der Waals surface area contributed by atoms with Crippen molar-refractivity contribution in [2.45, 2.75) is 12.8 Å². The van der Waals surface area contributed by atoms with E-state index in [9.17, 15) is 4.79 Å². The Hall–Kier alpha value is -2.31. The summed E-state index contributed by atoms with van der Waals surface area (Å²) in [4.78, 5) is 16.2. The largest absolute Gasteiger partial charge is 0.492 e. The fourth-order valence-corrected chi connectivity index (χ4v) is 2.60. The minimum absolute atomic E-state index is 0.121. The summed E-state index contributed by atoms with van der Waals surface area (Å²) in [6, 6.07) is 8.48. The first-order valence-corrected chi connectivity index (χ1v) is 8.05. The molecule has 124 valence electrons. The summed E-state index contributed by atoms with van der Waals surface area (Å²) in [5.74, 6) is 1.01. The number of carbonyl (C=O) groups excluding carboxylic acids is 1. The number of ether oxygens (including phenoxy) is 1. The van der Waals surface area contributed by atoms with Crippen molar-refractivity contribution in [2.24, 2.45) is 0 Å². The van der Waals surface area contributed by atoms with Gasteiger partial charge in [0.15, 0.2) is 5.65 Å². The molecule has 3 aromatic rings. The van der Waals surface area contributed by atoms with Crippen molar-refractivity contribution in [3.63, 3.8) is 0 Å². The van der Waals surface area contributed by atoms with Gasteiger partial charge in [-0.15, -0.1) is 0 Å². The fourth-order valence-electron chi connectivity index (χ4n) is 2.14. The average Bonchev–Trinajstić information content (AvgIpc) is 3.03. The Morgan fingerprint density at radius 2 is 2.08 bits per heavy atom. The predicted octanol–water partition coefficient (Wildman–Crippen LogP) is 3.83. The van der Waals surface area contributed by atoms with Crippen molar-refractivity contribution in [2.75, 3.05) is 11.9 Å². The second-order valence-electron chi connectivity index (χ2n) is 5.01. The second kappa shape index (κ2) is 7.51. The predicted molar refractivity (Wildman–Crippen MR) is 92.8 cm³/mol. The monoisotopic (exact) mass is 364 g/mol. The number of aromatic nitrogens is 3. The zero-order valence-electron chi connectivity index (χ0n) is 12.6. The van der Waals surface area contributed by atoms with Crippen LogP contribution in [-0.2, 0) is 4.79 Å². The van der Waals surface area contributed by atoms with Crippen molar-refractivity contribution >= 4 is 40.6 Å². The van der Waals surface area contributed by atoms with Crippen molar-refractivity contribution in [1.29, 1.82) is 0 Å². The average molecular weight is 365 g/mol. The van der Waals surface area contributed by atoms with Crippen molar-refractivity contribution in [3.05, 3.63) is 52.8 Å². The van der Waals surface area contributed by atoms with Crippen LogP contribution < -0.4 is 10.1 Å². The molecule has 1 amide bonds. The Labute approximate surface area is 148 Å². The maximum absolute atomic E-state index is 12.0. The molecule has 24 heavy (non-hydrogen) atoms. The van der Waals surface area contributed by atoms with Gasteiger partial charge in [-0.1, -0.05) is 23.2 Å². The Morgan fingerprint density at radius 1 is 1.21 bits per heavy atom. The number of carbonyl (C=O) groups is 1. The lowest BCUT2D eigenvalue weighted by Gasteiger charge is -2.09. The number of fused-ring (bicyclic) bond motifs is 1. The second-order valence-corrected chi connectivity index (χ2v) is 5.85. The molecule has 2 aromatic heterocycles. The van der Waals surface area contributed by atoms with Crippen LogP contribution in [-0.4, -0.2) is 27.1 Å². The van der Waals surface area contributed by atoms with Gasteiger partial charge in [-0.25, -0.2) is 4.98 Å². The van der Waals surface area contributed by atoms with Gasteiger partial charge in [-0.3, -0.25) is 4.79 Å². The van der Waals surface area contributed by atoms with Crippen LogP contribution in [0, 0.1) is 0 Å². The summed E-state index contributed by atoms with van der Waals surface area (Å²) in [5, 5.41) is 7.92. The Balaban J connectivity index is 1.48. The molecule has 8 heteroatoms. The van der Waals surface area contributed by atoms with Crippen molar-refractivity contribution in [1.82, 2.24) is 14.6 Å². The van der Waals surface area contributed by atoms with E-state index in [-0.39, 0.29) is 5.91 Å². The van der Waals surface area contributed by atoms with Gasteiger partial charge in [0.1, 0.15) is 11.6 Å². The molecule has 1 N–H and O–H groups in total. The first-order valence-electron chi connectivity index (χ1n) is 7.30. The molecule has 0 aliphatic carbocycles. The van der Waals surface area contributed by atoms with Crippen LogP contribution in [0.4, 0.5) is 5.82 Å². The SMILES string of the molecule is O=C(CCCOc1ccc(Cl)cc1Cl)Nc1ccnc2ccnn12. The van der Waals surface area contributed by atoms with Gasteiger partial charge < -0.3 is 10.1 Å². The third-order valence-electron chi connectivity index (χ3n) is 3.26. The molecule has 0 bridgehead atoms. The lowest BCUT2D eigenvalue weighted by molar-refractivity contribution is -0.116. The molecular weight excluding hydrogens is 351 g/mol. The summed E-state index contributed by atoms with van der Waals surface area (Å²) < 4.78 is 7.12. The minimum atomic E-state index is -0.121. The van der Waals surface area contributed by atoms with Crippen LogP contribution >= 0.6 is 23.2 Å². The molecule has 0 fully saturated rings. The highest BCUT2D eigenvalue weighted by Gasteiger charge is 2.07. The van der Waals surface area contributed by atoms with Crippen molar-refractivity contribution in [3.8, 4) is 5.75 Å². The van der Waals surface area contributed by atoms with Gasteiger partial charge in [0.2, 0.25) is 5.91 Å². The lowest BCUT2D eigenvalue weighted by atomic mass is 10.3. The van der Waals surface area contributed by atoms with Gasteiger partial charge >= 0.3 is 0 Å². The molecule has 0 spiro atoms. The number of nitrogens with one attached hydrogen (secondary N) is 1. The lowest BCUT2D eigenvalue weighted by Crippen LogP contribution is -2.15. The molecule has 3 rings (SSSR count). The zero-order chi connectivity index (χ0) is 16.9. The summed E-state index contributed by atoms with van der Waals surface area (Å²) in [7, 11) is 0. The molecule has 0 saturated carbocycles. The van der Waals surface area contributed by atoms with E-state index in [1.165, 1.54) is 0 Å². The highest BCUT2D eigenvalue weighted by atomic mass is 35.5. The van der Waals surface area contributed by atoms with Crippen LogP contribution in [0.2, 0.25) is 10.0 Å². The Bertz CT molecular complexity index is 866. The summed E-state index contributed by atoms with van der Waals surface area (Å²) >= 11 is 11.8. The quantitative estimate of drug-likeness (QED) is 0.674. The van der Waals surface area contributed by atoms with Gasteiger partial charge in [0.05, 0.1) is 17.8 Å². The molecule has 6 nitrogen and oxygen atoms in total. The molecule has 0 unspecified atom stereocenters. The fraction of sp³-hybridized carbons (Fsp3) is 0.188. The summed E-state index contributed by atoms with van der Waals surface area (Å²) in [6.07, 6.45) is 4.12. The van der Waals surface area contributed by atoms with E-state index in [0.29, 0.717) is 46.7 Å². The Morgan fingerprint density at radius 3 is 2.92 bits per heavy atom. The smallest absolute Gasteiger partial charge is 0.225 e. The molecular formula is C16H14Cl2N4O2. The molecule has 0 saturated heterocycles. The zero-order valence-corrected chi connectivity index (χ0v) is 14.1. The molecule has 1 aromatic carbocycles. The minimum Gasteiger partial charge on any atom is -0.492 e. The van der Waals surface area contributed by atoms with E-state index in [4.69, 9.17) is 27.9 Å².